The third-order valence-electron chi connectivity index (χ3n) is 4.82. The number of amides is 1. The third-order valence-corrected chi connectivity index (χ3v) is 6.26. The Morgan fingerprint density at radius 1 is 1.23 bits per heavy atom. The number of hydrogen-bond acceptors (Lipinski definition) is 6. The van der Waals surface area contributed by atoms with Crippen LogP contribution in [0.1, 0.15) is 36.8 Å². The second kappa shape index (κ2) is 8.35. The number of carbonyl (C=O) groups excluding carboxylic acids is 1. The molecule has 1 amide bonds. The number of fused-ring (bicyclic) bond motifs is 3. The molecule has 154 valence electrons. The Labute approximate surface area is 188 Å². The molecule has 2 heterocycles. The Bertz CT molecular complexity index is 1140. The number of aryl methyl sites for hydroxylation is 2. The first-order valence-electron chi connectivity index (χ1n) is 9.60. The molecular formula is C22H21BrN4O2S. The molecule has 1 aliphatic heterocycles. The number of hydrogen-bond donors (Lipinski definition) is 0. The molecule has 0 aliphatic carbocycles. The fraction of sp³-hybridized carbons (Fsp3) is 0.273. The first-order valence-corrected chi connectivity index (χ1v) is 11.4. The molecule has 30 heavy (non-hydrogen) atoms. The van der Waals surface area contributed by atoms with Crippen LogP contribution in [-0.4, -0.2) is 26.8 Å². The quantitative estimate of drug-likeness (QED) is 0.458. The molecule has 1 aromatic heterocycles. The predicted octanol–water partition coefficient (Wildman–Crippen LogP) is 5.47. The van der Waals surface area contributed by atoms with E-state index in [0.717, 1.165) is 38.2 Å². The van der Waals surface area contributed by atoms with E-state index < -0.39 is 6.23 Å². The Hall–Kier alpha value is -2.45. The van der Waals surface area contributed by atoms with Crippen molar-refractivity contribution in [2.45, 2.75) is 39.1 Å². The van der Waals surface area contributed by atoms with Crippen LogP contribution in [-0.2, 0) is 4.79 Å². The van der Waals surface area contributed by atoms with E-state index in [0.29, 0.717) is 16.7 Å². The Balaban J connectivity index is 2.04. The first kappa shape index (κ1) is 20.8. The number of anilines is 1. The maximum absolute atomic E-state index is 12.9. The monoisotopic (exact) mass is 484 g/mol. The van der Waals surface area contributed by atoms with Crippen LogP contribution in [0.15, 0.2) is 46.0 Å². The summed E-state index contributed by atoms with van der Waals surface area (Å²) in [7, 11) is 0. The van der Waals surface area contributed by atoms with Crippen molar-refractivity contribution in [3.05, 3.63) is 57.6 Å². The van der Waals surface area contributed by atoms with Crippen molar-refractivity contribution >= 4 is 39.3 Å². The van der Waals surface area contributed by atoms with Crippen LogP contribution >= 0.6 is 27.7 Å². The minimum absolute atomic E-state index is 0.132. The topological polar surface area (TPSA) is 68.2 Å². The van der Waals surface area contributed by atoms with Crippen LogP contribution in [0.3, 0.4) is 0 Å². The highest BCUT2D eigenvalue weighted by atomic mass is 79.9. The van der Waals surface area contributed by atoms with Gasteiger partial charge in [-0.3, -0.25) is 9.69 Å². The summed E-state index contributed by atoms with van der Waals surface area (Å²) in [6, 6.07) is 11.8. The lowest BCUT2D eigenvalue weighted by atomic mass is 10.00. The van der Waals surface area contributed by atoms with Crippen LogP contribution in [0.25, 0.3) is 11.3 Å². The van der Waals surface area contributed by atoms with Gasteiger partial charge in [0, 0.05) is 22.5 Å². The molecule has 0 saturated heterocycles. The van der Waals surface area contributed by atoms with Crippen molar-refractivity contribution in [1.82, 2.24) is 15.2 Å². The second-order valence-electron chi connectivity index (χ2n) is 7.04. The van der Waals surface area contributed by atoms with Gasteiger partial charge in [0.15, 0.2) is 5.69 Å². The summed E-state index contributed by atoms with van der Waals surface area (Å²) in [5.41, 5.74) is 4.95. The number of ether oxygens (including phenoxy) is 1. The van der Waals surface area contributed by atoms with Gasteiger partial charge in [-0.15, -0.1) is 10.2 Å². The zero-order chi connectivity index (χ0) is 21.4. The molecule has 2 aromatic carbocycles. The lowest BCUT2D eigenvalue weighted by molar-refractivity contribution is -0.118. The molecule has 6 nitrogen and oxygen atoms in total. The number of benzene rings is 2. The summed E-state index contributed by atoms with van der Waals surface area (Å²) in [5.74, 6) is 1.06. The highest BCUT2D eigenvalue weighted by Crippen LogP contribution is 2.46. The molecule has 4 rings (SSSR count). The summed E-state index contributed by atoms with van der Waals surface area (Å²) in [6.07, 6.45) is -0.698. The molecule has 0 saturated carbocycles. The van der Waals surface area contributed by atoms with Gasteiger partial charge in [0.05, 0.1) is 5.69 Å². The van der Waals surface area contributed by atoms with E-state index in [2.05, 4.69) is 37.2 Å². The van der Waals surface area contributed by atoms with Crippen molar-refractivity contribution in [3.63, 3.8) is 0 Å². The summed E-state index contributed by atoms with van der Waals surface area (Å²) < 4.78 is 7.26. The normalized spacial score (nSPS) is 15.1. The molecule has 0 radical (unpaired) electrons. The zero-order valence-corrected chi connectivity index (χ0v) is 19.5. The highest BCUT2D eigenvalue weighted by molar-refractivity contribution is 9.10. The van der Waals surface area contributed by atoms with Gasteiger partial charge in [-0.1, -0.05) is 64.4 Å². The van der Waals surface area contributed by atoms with Crippen LogP contribution in [0.5, 0.6) is 5.88 Å². The average Bonchev–Trinajstić information content (AvgIpc) is 2.83. The zero-order valence-electron chi connectivity index (χ0n) is 17.1. The van der Waals surface area contributed by atoms with Crippen molar-refractivity contribution < 1.29 is 9.53 Å². The first-order chi connectivity index (χ1) is 14.4. The van der Waals surface area contributed by atoms with Crippen LogP contribution in [0, 0.1) is 13.8 Å². The maximum atomic E-state index is 12.9. The smallest absolute Gasteiger partial charge is 0.247 e. The van der Waals surface area contributed by atoms with Gasteiger partial charge >= 0.3 is 0 Å². The number of aromatic nitrogens is 3. The lowest BCUT2D eigenvalue weighted by Gasteiger charge is -2.31. The van der Waals surface area contributed by atoms with E-state index >= 15 is 0 Å². The van der Waals surface area contributed by atoms with E-state index in [1.54, 1.807) is 11.8 Å². The minimum Gasteiger partial charge on any atom is -0.447 e. The summed E-state index contributed by atoms with van der Waals surface area (Å²) in [6.45, 7) is 7.59. The molecular weight excluding hydrogens is 464 g/mol. The maximum Gasteiger partial charge on any atom is 0.247 e. The minimum atomic E-state index is -0.698. The summed E-state index contributed by atoms with van der Waals surface area (Å²) >= 11 is 5.11. The van der Waals surface area contributed by atoms with Gasteiger partial charge in [0.2, 0.25) is 23.2 Å². The van der Waals surface area contributed by atoms with Crippen molar-refractivity contribution in [2.24, 2.45) is 0 Å². The fourth-order valence-corrected chi connectivity index (χ4v) is 4.66. The summed E-state index contributed by atoms with van der Waals surface area (Å²) in [4.78, 5) is 19.3. The summed E-state index contributed by atoms with van der Waals surface area (Å²) in [5, 5.41) is 9.28. The number of rotatable bonds is 3. The molecule has 3 aromatic rings. The second-order valence-corrected chi connectivity index (χ2v) is 9.13. The molecule has 0 spiro atoms. The number of thioether (sulfide) groups is 1. The average molecular weight is 485 g/mol. The van der Waals surface area contributed by atoms with Crippen molar-refractivity contribution in [3.8, 4) is 17.1 Å². The fourth-order valence-electron chi connectivity index (χ4n) is 3.68. The number of halogens is 1. The van der Waals surface area contributed by atoms with E-state index in [1.807, 2.05) is 51.1 Å². The van der Waals surface area contributed by atoms with E-state index in [-0.39, 0.29) is 5.91 Å². The highest BCUT2D eigenvalue weighted by Gasteiger charge is 2.36. The van der Waals surface area contributed by atoms with E-state index in [1.165, 1.54) is 11.8 Å². The standard InChI is InChI=1S/C22H21BrN4O2S/c1-5-30-22-24-20-18(25-26-22)16-11-12(2)10-13(3)19(16)27(14(4)28)21(29-20)15-8-6-7-9-17(15)23/h6-11,21H,5H2,1-4H3/t21-/m1/s1. The molecule has 1 atom stereocenters. The van der Waals surface area contributed by atoms with E-state index in [4.69, 9.17) is 4.74 Å². The molecule has 0 bridgehead atoms. The van der Waals surface area contributed by atoms with Gasteiger partial charge in [0.1, 0.15) is 0 Å². The van der Waals surface area contributed by atoms with Gasteiger partial charge in [0.25, 0.3) is 0 Å². The van der Waals surface area contributed by atoms with Gasteiger partial charge in [-0.2, -0.15) is 4.98 Å². The molecule has 1 aliphatic rings. The predicted molar refractivity (Wildman–Crippen MR) is 122 cm³/mol. The molecule has 8 heteroatoms. The number of nitrogens with zero attached hydrogens (tertiary/aromatic N) is 4. The SMILES string of the molecule is CCSc1nnc2c(n1)O[C@H](c1ccccc1Br)N(C(C)=O)c1c(C)cc(C)cc1-2. The largest absolute Gasteiger partial charge is 0.447 e. The molecule has 0 fully saturated rings. The van der Waals surface area contributed by atoms with E-state index in [9.17, 15) is 4.79 Å². The number of carbonyl (C=O) groups is 1. The van der Waals surface area contributed by atoms with Gasteiger partial charge < -0.3 is 4.74 Å². The Morgan fingerprint density at radius 2 is 2.00 bits per heavy atom. The van der Waals surface area contributed by atoms with Crippen LogP contribution in [0.4, 0.5) is 5.69 Å². The third kappa shape index (κ3) is 3.70. The van der Waals surface area contributed by atoms with Gasteiger partial charge in [-0.25, -0.2) is 0 Å². The van der Waals surface area contributed by atoms with Gasteiger partial charge in [-0.05, 0) is 37.3 Å². The molecule has 0 N–H and O–H groups in total. The Morgan fingerprint density at radius 3 is 2.70 bits per heavy atom. The Kier molecular flexibility index (Phi) is 5.79. The lowest BCUT2D eigenvalue weighted by Crippen LogP contribution is -2.36. The molecule has 0 unspecified atom stereocenters. The van der Waals surface area contributed by atoms with Crippen LogP contribution in [0.2, 0.25) is 0 Å². The van der Waals surface area contributed by atoms with Crippen LogP contribution < -0.4 is 9.64 Å². The van der Waals surface area contributed by atoms with Crippen molar-refractivity contribution in [2.75, 3.05) is 10.7 Å². The van der Waals surface area contributed by atoms with Crippen molar-refractivity contribution in [1.29, 1.82) is 0 Å².